The first-order valence-electron chi connectivity index (χ1n) is 11.2. The number of nitrogens with zero attached hydrogens (tertiary/aromatic N) is 5. The monoisotopic (exact) mass is 537 g/mol. The SMILES string of the molecule is CC(C)(C)c1nc(-n2c3nc(Nc4ccc5c(c4)CNCC5)ncc3c(=O)n2CC(F)(F)F)sc1Cl. The van der Waals surface area contributed by atoms with E-state index in [0.29, 0.717) is 14.7 Å². The highest BCUT2D eigenvalue weighted by atomic mass is 35.5. The van der Waals surface area contributed by atoms with Crippen molar-refractivity contribution < 1.29 is 13.2 Å². The first-order valence-corrected chi connectivity index (χ1v) is 12.4. The normalized spacial score (nSPS) is 14.3. The molecular weight excluding hydrogens is 515 g/mol. The van der Waals surface area contributed by atoms with Crippen LogP contribution in [0.5, 0.6) is 0 Å². The number of fused-ring (bicyclic) bond motifs is 2. The molecule has 0 radical (unpaired) electrons. The molecule has 13 heteroatoms. The van der Waals surface area contributed by atoms with Crippen molar-refractivity contribution in [2.75, 3.05) is 11.9 Å². The quantitative estimate of drug-likeness (QED) is 0.383. The standard InChI is InChI=1S/C23H23ClF3N7OS/c1-22(2,3)16-17(24)36-21(31-16)34-18-15(19(35)33(34)11-23(25,26)27)10-29-20(32-18)30-14-5-4-12-6-7-28-9-13(12)8-14/h4-5,8,10,28H,6-7,9,11H2,1-3H3,(H,29,30,32). The van der Waals surface area contributed by atoms with Crippen LogP contribution in [0.1, 0.15) is 37.6 Å². The Morgan fingerprint density at radius 2 is 1.97 bits per heavy atom. The molecule has 1 aliphatic rings. The topological polar surface area (TPSA) is 89.7 Å². The van der Waals surface area contributed by atoms with Crippen LogP contribution in [-0.4, -0.2) is 37.0 Å². The molecule has 8 nitrogen and oxygen atoms in total. The summed E-state index contributed by atoms with van der Waals surface area (Å²) >= 11 is 7.39. The van der Waals surface area contributed by atoms with Crippen LogP contribution in [0.15, 0.2) is 29.2 Å². The van der Waals surface area contributed by atoms with Crippen LogP contribution in [0.3, 0.4) is 0 Å². The molecule has 3 aromatic heterocycles. The number of nitrogens with one attached hydrogen (secondary N) is 2. The summed E-state index contributed by atoms with van der Waals surface area (Å²) in [5, 5.41) is 6.48. The smallest absolute Gasteiger partial charge is 0.324 e. The van der Waals surface area contributed by atoms with Gasteiger partial charge in [0.15, 0.2) is 5.65 Å². The second-order valence-corrected chi connectivity index (χ2v) is 11.2. The van der Waals surface area contributed by atoms with Crippen molar-refractivity contribution in [2.45, 2.75) is 51.9 Å². The number of halogens is 4. The van der Waals surface area contributed by atoms with E-state index in [1.165, 1.54) is 11.8 Å². The highest BCUT2D eigenvalue weighted by Crippen LogP contribution is 2.36. The molecule has 0 aliphatic carbocycles. The average Bonchev–Trinajstić information content (AvgIpc) is 3.30. The summed E-state index contributed by atoms with van der Waals surface area (Å²) in [4.78, 5) is 26.1. The lowest BCUT2D eigenvalue weighted by atomic mass is 9.93. The zero-order valence-electron chi connectivity index (χ0n) is 19.7. The number of aromatic nitrogens is 5. The fraction of sp³-hybridized carbons (Fsp3) is 0.391. The third-order valence-corrected chi connectivity index (χ3v) is 7.05. The van der Waals surface area contributed by atoms with E-state index in [-0.39, 0.29) is 22.1 Å². The van der Waals surface area contributed by atoms with E-state index < -0.39 is 23.7 Å². The minimum atomic E-state index is -4.64. The Balaban J connectivity index is 1.64. The zero-order chi connectivity index (χ0) is 25.8. The molecule has 1 aromatic carbocycles. The Labute approximate surface area is 213 Å². The van der Waals surface area contributed by atoms with Crippen LogP contribution in [0.25, 0.3) is 16.2 Å². The van der Waals surface area contributed by atoms with Gasteiger partial charge >= 0.3 is 6.18 Å². The molecule has 0 saturated carbocycles. The number of hydrogen-bond acceptors (Lipinski definition) is 7. The molecule has 36 heavy (non-hydrogen) atoms. The lowest BCUT2D eigenvalue weighted by molar-refractivity contribution is -0.144. The Kier molecular flexibility index (Phi) is 6.08. The number of alkyl halides is 3. The first kappa shape index (κ1) is 24.7. The molecule has 1 aliphatic heterocycles. The van der Waals surface area contributed by atoms with E-state index in [1.54, 1.807) is 0 Å². The summed E-state index contributed by atoms with van der Waals surface area (Å²) in [6.45, 7) is 5.84. The molecule has 2 N–H and O–H groups in total. The number of anilines is 2. The van der Waals surface area contributed by atoms with Gasteiger partial charge < -0.3 is 10.6 Å². The van der Waals surface area contributed by atoms with E-state index in [0.717, 1.165) is 46.8 Å². The van der Waals surface area contributed by atoms with Crippen molar-refractivity contribution in [3.63, 3.8) is 0 Å². The Morgan fingerprint density at radius 1 is 1.19 bits per heavy atom. The van der Waals surface area contributed by atoms with E-state index in [1.807, 2.05) is 39.0 Å². The van der Waals surface area contributed by atoms with Gasteiger partial charge in [-0.2, -0.15) is 18.2 Å². The molecule has 5 rings (SSSR count). The van der Waals surface area contributed by atoms with Gasteiger partial charge in [0, 0.05) is 23.8 Å². The molecule has 0 saturated heterocycles. The maximum atomic E-state index is 13.5. The minimum absolute atomic E-state index is 0.00672. The van der Waals surface area contributed by atoms with Crippen LogP contribution in [0.4, 0.5) is 24.8 Å². The van der Waals surface area contributed by atoms with Gasteiger partial charge in [0.05, 0.1) is 5.69 Å². The summed E-state index contributed by atoms with van der Waals surface area (Å²) in [6, 6.07) is 5.90. The minimum Gasteiger partial charge on any atom is -0.324 e. The van der Waals surface area contributed by atoms with Crippen molar-refractivity contribution in [1.29, 1.82) is 0 Å². The van der Waals surface area contributed by atoms with Gasteiger partial charge in [-0.15, -0.1) is 0 Å². The van der Waals surface area contributed by atoms with Crippen LogP contribution in [0.2, 0.25) is 4.34 Å². The molecule has 0 spiro atoms. The van der Waals surface area contributed by atoms with Gasteiger partial charge in [-0.3, -0.25) is 4.79 Å². The van der Waals surface area contributed by atoms with Crippen LogP contribution in [0, 0.1) is 0 Å². The van der Waals surface area contributed by atoms with Crippen molar-refractivity contribution in [3.8, 4) is 5.13 Å². The molecular formula is C23H23ClF3N7OS. The second kappa shape index (κ2) is 8.86. The predicted molar refractivity (Wildman–Crippen MR) is 134 cm³/mol. The van der Waals surface area contributed by atoms with E-state index >= 15 is 0 Å². The van der Waals surface area contributed by atoms with E-state index in [4.69, 9.17) is 11.6 Å². The molecule has 0 unspecified atom stereocenters. The molecule has 4 aromatic rings. The van der Waals surface area contributed by atoms with E-state index in [9.17, 15) is 18.0 Å². The third-order valence-electron chi connectivity index (χ3n) is 5.82. The fourth-order valence-corrected chi connectivity index (χ4v) is 5.68. The maximum absolute atomic E-state index is 13.5. The first-order chi connectivity index (χ1) is 16.9. The number of hydrogen-bond donors (Lipinski definition) is 2. The lowest BCUT2D eigenvalue weighted by Crippen LogP contribution is -2.30. The van der Waals surface area contributed by atoms with Gasteiger partial charge in [0.1, 0.15) is 16.3 Å². The van der Waals surface area contributed by atoms with E-state index in [2.05, 4.69) is 25.6 Å². The molecule has 0 atom stereocenters. The van der Waals surface area contributed by atoms with Gasteiger partial charge in [-0.1, -0.05) is 49.8 Å². The molecule has 0 amide bonds. The third kappa shape index (κ3) is 4.72. The fourth-order valence-electron chi connectivity index (χ4n) is 4.13. The largest absolute Gasteiger partial charge is 0.408 e. The lowest BCUT2D eigenvalue weighted by Gasteiger charge is -2.18. The maximum Gasteiger partial charge on any atom is 0.408 e. The highest BCUT2D eigenvalue weighted by Gasteiger charge is 2.33. The van der Waals surface area contributed by atoms with Crippen molar-refractivity contribution in [3.05, 3.63) is 55.9 Å². The summed E-state index contributed by atoms with van der Waals surface area (Å²) in [5.74, 6) is 0.142. The molecule has 4 heterocycles. The molecule has 190 valence electrons. The summed E-state index contributed by atoms with van der Waals surface area (Å²) in [6.07, 6.45) is -2.48. The van der Waals surface area contributed by atoms with Gasteiger partial charge in [0.25, 0.3) is 5.56 Å². The Hall–Kier alpha value is -2.96. The van der Waals surface area contributed by atoms with Crippen LogP contribution in [-0.2, 0) is 24.9 Å². The Bertz CT molecular complexity index is 1520. The Morgan fingerprint density at radius 3 is 2.67 bits per heavy atom. The van der Waals surface area contributed by atoms with Gasteiger partial charge in [-0.05, 0) is 36.2 Å². The van der Waals surface area contributed by atoms with Crippen molar-refractivity contribution in [1.82, 2.24) is 29.6 Å². The highest BCUT2D eigenvalue weighted by molar-refractivity contribution is 7.18. The van der Waals surface area contributed by atoms with Gasteiger partial charge in [0.2, 0.25) is 11.1 Å². The van der Waals surface area contributed by atoms with Crippen LogP contribution >= 0.6 is 22.9 Å². The molecule has 0 fully saturated rings. The average molecular weight is 538 g/mol. The predicted octanol–water partition coefficient (Wildman–Crippen LogP) is 4.94. The number of thiazole rings is 1. The summed E-state index contributed by atoms with van der Waals surface area (Å²) in [7, 11) is 0. The molecule has 0 bridgehead atoms. The number of benzene rings is 1. The zero-order valence-corrected chi connectivity index (χ0v) is 21.3. The summed E-state index contributed by atoms with van der Waals surface area (Å²) in [5.41, 5.74) is 2.34. The second-order valence-electron chi connectivity index (χ2n) is 9.62. The van der Waals surface area contributed by atoms with Crippen molar-refractivity contribution >= 4 is 45.6 Å². The van der Waals surface area contributed by atoms with Gasteiger partial charge in [-0.25, -0.2) is 19.3 Å². The van der Waals surface area contributed by atoms with Crippen molar-refractivity contribution in [2.24, 2.45) is 0 Å². The van der Waals surface area contributed by atoms with Crippen LogP contribution < -0.4 is 16.2 Å². The summed E-state index contributed by atoms with van der Waals surface area (Å²) < 4.78 is 42.4. The number of rotatable bonds is 4.